The number of morpholine rings is 1. The van der Waals surface area contributed by atoms with Gasteiger partial charge >= 0.3 is 0 Å². The number of methoxy groups -OCH3 is 1. The first-order valence-corrected chi connectivity index (χ1v) is 16.1. The molecule has 2 saturated heterocycles. The van der Waals surface area contributed by atoms with Gasteiger partial charge in [0.25, 0.3) is 0 Å². The van der Waals surface area contributed by atoms with E-state index >= 15 is 0 Å². The Morgan fingerprint density at radius 2 is 2.00 bits per heavy atom. The fourth-order valence-electron chi connectivity index (χ4n) is 6.49. The molecule has 2 N–H and O–H groups in total. The molecule has 5 aliphatic heterocycles. The van der Waals surface area contributed by atoms with E-state index in [-0.39, 0.29) is 18.6 Å². The third-order valence-corrected chi connectivity index (χ3v) is 10.5. The number of benzene rings is 1. The Morgan fingerprint density at radius 3 is 2.76 bits per heavy atom. The summed E-state index contributed by atoms with van der Waals surface area (Å²) in [6, 6.07) is 4.23. The number of fused-ring (bicyclic) bond motifs is 3. The quantitative estimate of drug-likeness (QED) is 0.332. The number of likely N-dealkylation sites (tertiary alicyclic amines) is 1. The zero-order chi connectivity index (χ0) is 28.6. The molecule has 5 heterocycles. The molecular weight excluding hydrogens is 546 g/mol. The van der Waals surface area contributed by atoms with Gasteiger partial charge < -0.3 is 24.0 Å². The summed E-state index contributed by atoms with van der Waals surface area (Å²) in [4.78, 5) is 11.8. The lowest BCUT2D eigenvalue weighted by molar-refractivity contribution is 0.0730. The molecule has 224 valence electrons. The fourth-order valence-corrected chi connectivity index (χ4v) is 7.94. The van der Waals surface area contributed by atoms with Gasteiger partial charge in [0, 0.05) is 44.0 Å². The number of hydrogen-bond donors (Lipinski definition) is 1. The summed E-state index contributed by atoms with van der Waals surface area (Å²) in [7, 11) is 0.446. The van der Waals surface area contributed by atoms with Gasteiger partial charge in [0.05, 0.1) is 39.2 Å². The number of anilines is 1. The van der Waals surface area contributed by atoms with Crippen molar-refractivity contribution in [3.63, 3.8) is 0 Å². The highest BCUT2D eigenvalue weighted by Gasteiger charge is 2.42. The molecule has 0 aromatic heterocycles. The van der Waals surface area contributed by atoms with E-state index in [9.17, 15) is 8.42 Å². The van der Waals surface area contributed by atoms with Crippen molar-refractivity contribution in [2.75, 3.05) is 84.0 Å². The second-order valence-electron chi connectivity index (χ2n) is 11.0. The molecule has 2 atom stereocenters. The zero-order valence-electron chi connectivity index (χ0n) is 23.9. The van der Waals surface area contributed by atoms with Crippen molar-refractivity contribution in [1.29, 1.82) is 0 Å². The molecule has 0 radical (unpaired) electrons. The molecular formula is C28H41N7O5S. The fraction of sp³-hybridized carbons (Fsp3) is 0.607. The van der Waals surface area contributed by atoms with E-state index in [2.05, 4.69) is 40.1 Å². The summed E-state index contributed by atoms with van der Waals surface area (Å²) in [6.45, 7) is 5.21. The second kappa shape index (κ2) is 11.8. The predicted octanol–water partition coefficient (Wildman–Crippen LogP) is 1.02. The van der Waals surface area contributed by atoms with Crippen LogP contribution in [-0.4, -0.2) is 125 Å². The van der Waals surface area contributed by atoms with Gasteiger partial charge in [-0.1, -0.05) is 12.2 Å². The Kier molecular flexibility index (Phi) is 8.14. The van der Waals surface area contributed by atoms with E-state index in [1.807, 2.05) is 12.1 Å². The Balaban J connectivity index is 1.22. The topological polar surface area (TPSA) is 116 Å². The van der Waals surface area contributed by atoms with Crippen LogP contribution in [0.1, 0.15) is 24.8 Å². The van der Waals surface area contributed by atoms with Crippen molar-refractivity contribution in [1.82, 2.24) is 19.0 Å². The molecule has 0 amide bonds. The lowest BCUT2D eigenvalue weighted by Crippen LogP contribution is -2.64. The van der Waals surface area contributed by atoms with E-state index in [1.54, 1.807) is 12.1 Å². The van der Waals surface area contributed by atoms with Gasteiger partial charge in [-0.15, -0.1) is 0 Å². The first-order valence-electron chi connectivity index (χ1n) is 14.5. The van der Waals surface area contributed by atoms with Gasteiger partial charge in [0.1, 0.15) is 11.5 Å². The Hall–Kier alpha value is -2.84. The third-order valence-electron chi connectivity index (χ3n) is 8.51. The van der Waals surface area contributed by atoms with Gasteiger partial charge in [-0.05, 0) is 50.6 Å². The maximum absolute atomic E-state index is 12.7. The highest BCUT2D eigenvalue weighted by Crippen LogP contribution is 2.45. The van der Waals surface area contributed by atoms with Crippen LogP contribution in [-0.2, 0) is 14.8 Å². The van der Waals surface area contributed by atoms with E-state index in [1.165, 1.54) is 16.3 Å². The lowest BCUT2D eigenvalue weighted by atomic mass is 10.0. The van der Waals surface area contributed by atoms with Crippen molar-refractivity contribution in [2.24, 2.45) is 10.8 Å². The minimum absolute atomic E-state index is 0.0183. The van der Waals surface area contributed by atoms with Gasteiger partial charge in [-0.2, -0.15) is 4.31 Å². The van der Waals surface area contributed by atoms with Crippen molar-refractivity contribution in [3.8, 4) is 11.5 Å². The zero-order valence-corrected chi connectivity index (χ0v) is 24.8. The molecule has 5 aliphatic rings. The normalized spacial score (nSPS) is 25.2. The summed E-state index contributed by atoms with van der Waals surface area (Å²) in [6.07, 6.45) is 9.13. The van der Waals surface area contributed by atoms with Crippen LogP contribution in [0.25, 0.3) is 0 Å². The monoisotopic (exact) mass is 587 g/mol. The first kappa shape index (κ1) is 28.3. The van der Waals surface area contributed by atoms with Crippen molar-refractivity contribution in [2.45, 2.75) is 31.6 Å². The summed E-state index contributed by atoms with van der Waals surface area (Å²) >= 11 is 0. The Labute approximate surface area is 242 Å². The molecule has 0 spiro atoms. The van der Waals surface area contributed by atoms with Gasteiger partial charge in [-0.25, -0.2) is 14.3 Å². The maximum Gasteiger partial charge on any atom is 0.214 e. The standard InChI is InChI=1S/C28H41N7O5S/c1-31-11-4-7-23(31)21-6-3-12-32(20-21)28-34-13-10-30-27(34)22-8-9-24(26(38-2)25(22)35(28)29)40-16-5-19-41(36,37)33-14-17-39-18-15-33/h3,6,8-9,20,23,28H,4-5,7,10-19,29H2,1-2H3. The van der Waals surface area contributed by atoms with Gasteiger partial charge in [0.15, 0.2) is 17.8 Å². The first-order chi connectivity index (χ1) is 19.9. The van der Waals surface area contributed by atoms with Crippen LogP contribution in [0.3, 0.4) is 0 Å². The van der Waals surface area contributed by atoms with Crippen LogP contribution >= 0.6 is 0 Å². The number of ether oxygens (including phenoxy) is 3. The highest BCUT2D eigenvalue weighted by molar-refractivity contribution is 7.89. The summed E-state index contributed by atoms with van der Waals surface area (Å²) in [5.74, 6) is 8.91. The number of nitrogens with two attached hydrogens (primary N) is 1. The maximum atomic E-state index is 12.7. The van der Waals surface area contributed by atoms with Gasteiger partial charge in [-0.3, -0.25) is 14.9 Å². The average molecular weight is 588 g/mol. The van der Waals surface area contributed by atoms with E-state index in [0.717, 1.165) is 43.1 Å². The molecule has 13 heteroatoms. The molecule has 12 nitrogen and oxygen atoms in total. The van der Waals surface area contributed by atoms with Crippen molar-refractivity contribution < 1.29 is 22.6 Å². The molecule has 6 rings (SSSR count). The SMILES string of the molecule is COc1c(OCCCS(=O)(=O)N2CCOCC2)ccc2c1N(N)C(N1C=C(C3CCCN3C)C=CC1)N1CCN=C21. The number of likely N-dealkylation sites (N-methyl/N-ethyl adjacent to an activating group) is 1. The molecule has 1 aromatic rings. The smallest absolute Gasteiger partial charge is 0.214 e. The van der Waals surface area contributed by atoms with Crippen LogP contribution in [0.4, 0.5) is 5.69 Å². The summed E-state index contributed by atoms with van der Waals surface area (Å²) in [5, 5.41) is 1.76. The predicted molar refractivity (Wildman–Crippen MR) is 157 cm³/mol. The van der Waals surface area contributed by atoms with Crippen LogP contribution in [0.2, 0.25) is 0 Å². The van der Waals surface area contributed by atoms with Crippen LogP contribution in [0.5, 0.6) is 11.5 Å². The summed E-state index contributed by atoms with van der Waals surface area (Å²) in [5.41, 5.74) is 2.91. The molecule has 0 bridgehead atoms. The summed E-state index contributed by atoms with van der Waals surface area (Å²) < 4.78 is 44.2. The van der Waals surface area contributed by atoms with Crippen molar-refractivity contribution in [3.05, 3.63) is 41.6 Å². The minimum Gasteiger partial charge on any atom is -0.491 e. The van der Waals surface area contributed by atoms with Crippen LogP contribution < -0.4 is 20.3 Å². The Bertz CT molecular complexity index is 1330. The molecule has 0 aliphatic carbocycles. The number of amidine groups is 1. The molecule has 1 aromatic carbocycles. The number of rotatable bonds is 9. The molecule has 41 heavy (non-hydrogen) atoms. The molecule has 2 unspecified atom stereocenters. The Morgan fingerprint density at radius 1 is 1.17 bits per heavy atom. The molecule has 2 fully saturated rings. The number of hydrogen-bond acceptors (Lipinski definition) is 11. The number of nitrogens with zero attached hydrogens (tertiary/aromatic N) is 6. The van der Waals surface area contributed by atoms with Gasteiger partial charge in [0.2, 0.25) is 10.0 Å². The second-order valence-corrected chi connectivity index (χ2v) is 13.1. The van der Waals surface area contributed by atoms with E-state index < -0.39 is 10.0 Å². The van der Waals surface area contributed by atoms with Crippen LogP contribution in [0.15, 0.2) is 41.1 Å². The van der Waals surface area contributed by atoms with E-state index in [4.69, 9.17) is 25.0 Å². The third kappa shape index (κ3) is 5.41. The molecule has 0 saturated carbocycles. The highest BCUT2D eigenvalue weighted by atomic mass is 32.2. The lowest BCUT2D eigenvalue weighted by Gasteiger charge is -2.48. The van der Waals surface area contributed by atoms with Crippen molar-refractivity contribution >= 4 is 21.5 Å². The largest absolute Gasteiger partial charge is 0.491 e. The van der Waals surface area contributed by atoms with E-state index in [0.29, 0.717) is 56.8 Å². The average Bonchev–Trinajstić information content (AvgIpc) is 3.65. The number of sulfonamides is 1. The minimum atomic E-state index is -3.35. The number of aliphatic imine (C=N–C) groups is 1. The number of hydrazine groups is 1. The van der Waals surface area contributed by atoms with Crippen LogP contribution in [0, 0.1) is 0 Å².